The Morgan fingerprint density at radius 2 is 1.84 bits per heavy atom. The molecule has 0 bridgehead atoms. The van der Waals surface area contributed by atoms with Crippen LogP contribution in [0.5, 0.6) is 5.75 Å². The van der Waals surface area contributed by atoms with Gasteiger partial charge in [-0.05, 0) is 55.3 Å². The average Bonchev–Trinajstić information content (AvgIpc) is 3.36. The third kappa shape index (κ3) is 4.81. The first-order valence-electron chi connectivity index (χ1n) is 10.6. The molecule has 0 saturated carbocycles. The van der Waals surface area contributed by atoms with Gasteiger partial charge in [0.1, 0.15) is 11.5 Å². The van der Waals surface area contributed by atoms with Crippen molar-refractivity contribution < 1.29 is 18.7 Å². The Balaban J connectivity index is 1.46. The van der Waals surface area contributed by atoms with Gasteiger partial charge in [0.2, 0.25) is 5.91 Å². The molecule has 0 aliphatic carbocycles. The van der Waals surface area contributed by atoms with Crippen LogP contribution in [0.3, 0.4) is 0 Å². The summed E-state index contributed by atoms with van der Waals surface area (Å²) in [6.07, 6.45) is 2.79. The largest absolute Gasteiger partial charge is 0.496 e. The molecule has 32 heavy (non-hydrogen) atoms. The van der Waals surface area contributed by atoms with E-state index in [1.165, 1.54) is 7.11 Å². The van der Waals surface area contributed by atoms with Crippen LogP contribution in [0, 0.1) is 5.92 Å². The molecule has 2 amide bonds. The molecule has 1 aromatic heterocycles. The highest BCUT2D eigenvalue weighted by Gasteiger charge is 2.32. The average molecular weight is 453 g/mol. The van der Waals surface area contributed by atoms with E-state index in [1.54, 1.807) is 34.3 Å². The van der Waals surface area contributed by atoms with Crippen molar-refractivity contribution in [2.75, 3.05) is 25.1 Å². The molecule has 166 valence electrons. The van der Waals surface area contributed by atoms with Crippen LogP contribution < -0.4 is 9.64 Å². The molecule has 0 radical (unpaired) electrons. The number of nitrogens with zero attached hydrogens (tertiary/aromatic N) is 2. The van der Waals surface area contributed by atoms with E-state index in [2.05, 4.69) is 0 Å². The van der Waals surface area contributed by atoms with E-state index in [1.807, 2.05) is 42.5 Å². The summed E-state index contributed by atoms with van der Waals surface area (Å²) in [4.78, 5) is 30.0. The van der Waals surface area contributed by atoms with Crippen molar-refractivity contribution in [1.82, 2.24) is 4.90 Å². The van der Waals surface area contributed by atoms with E-state index in [4.69, 9.17) is 20.8 Å². The van der Waals surface area contributed by atoms with E-state index in [0.717, 1.165) is 11.4 Å². The van der Waals surface area contributed by atoms with Crippen molar-refractivity contribution in [1.29, 1.82) is 0 Å². The van der Waals surface area contributed by atoms with Gasteiger partial charge in [-0.25, -0.2) is 0 Å². The number of furan rings is 1. The smallest absolute Gasteiger partial charge is 0.257 e. The molecular formula is C25H25ClN2O4. The van der Waals surface area contributed by atoms with Gasteiger partial charge in [0, 0.05) is 29.7 Å². The Morgan fingerprint density at radius 1 is 1.09 bits per heavy atom. The number of ether oxygens (including phenoxy) is 1. The lowest BCUT2D eigenvalue weighted by Crippen LogP contribution is -2.44. The summed E-state index contributed by atoms with van der Waals surface area (Å²) in [6.45, 7) is 1.36. The predicted molar refractivity (Wildman–Crippen MR) is 123 cm³/mol. The van der Waals surface area contributed by atoms with Crippen LogP contribution in [-0.2, 0) is 11.3 Å². The minimum Gasteiger partial charge on any atom is -0.496 e. The molecule has 4 rings (SSSR count). The third-order valence-corrected chi connectivity index (χ3v) is 5.99. The minimum absolute atomic E-state index is 0.0417. The lowest BCUT2D eigenvalue weighted by Gasteiger charge is -2.34. The number of rotatable bonds is 6. The zero-order valence-corrected chi connectivity index (χ0v) is 18.6. The fourth-order valence-electron chi connectivity index (χ4n) is 4.03. The summed E-state index contributed by atoms with van der Waals surface area (Å²) < 4.78 is 10.8. The number of carbonyl (C=O) groups excluding carboxylic acids is 2. The molecule has 1 saturated heterocycles. The van der Waals surface area contributed by atoms with Crippen LogP contribution in [0.15, 0.2) is 71.3 Å². The Labute approximate surface area is 192 Å². The molecule has 2 aromatic carbocycles. The highest BCUT2D eigenvalue weighted by molar-refractivity contribution is 6.31. The lowest BCUT2D eigenvalue weighted by molar-refractivity contribution is -0.123. The van der Waals surface area contributed by atoms with Crippen molar-refractivity contribution >= 4 is 29.1 Å². The molecular weight excluding hydrogens is 428 g/mol. The van der Waals surface area contributed by atoms with Crippen LogP contribution in [0.25, 0.3) is 0 Å². The number of para-hydroxylation sites is 1. The Morgan fingerprint density at radius 3 is 2.50 bits per heavy atom. The summed E-state index contributed by atoms with van der Waals surface area (Å²) in [5.41, 5.74) is 1.27. The molecule has 7 heteroatoms. The molecule has 6 nitrogen and oxygen atoms in total. The first-order valence-corrected chi connectivity index (χ1v) is 11.0. The molecule has 0 spiro atoms. The van der Waals surface area contributed by atoms with Crippen molar-refractivity contribution in [2.24, 2.45) is 5.92 Å². The third-order valence-electron chi connectivity index (χ3n) is 5.75. The number of hydrogen-bond donors (Lipinski definition) is 0. The minimum atomic E-state index is -0.171. The van der Waals surface area contributed by atoms with Gasteiger partial charge < -0.3 is 19.0 Å². The molecule has 2 heterocycles. The van der Waals surface area contributed by atoms with Crippen molar-refractivity contribution in [3.05, 3.63) is 83.3 Å². The standard InChI is InChI=1S/C25H25ClN2O4/c1-31-23-10-9-19(26)16-22(23)25(30)27-13-11-18(12-14-27)24(29)28(17-21-8-5-15-32-21)20-6-3-2-4-7-20/h2-10,15-16,18H,11-14,17H2,1H3. The number of benzene rings is 2. The van der Waals surface area contributed by atoms with E-state index in [-0.39, 0.29) is 17.7 Å². The summed E-state index contributed by atoms with van der Waals surface area (Å²) >= 11 is 6.09. The molecule has 1 aliphatic rings. The molecule has 0 unspecified atom stereocenters. The van der Waals surface area contributed by atoms with Crippen molar-refractivity contribution in [2.45, 2.75) is 19.4 Å². The fourth-order valence-corrected chi connectivity index (χ4v) is 4.20. The second-order valence-corrected chi connectivity index (χ2v) is 8.19. The predicted octanol–water partition coefficient (Wildman–Crippen LogP) is 5.03. The Kier molecular flexibility index (Phi) is 6.81. The second-order valence-electron chi connectivity index (χ2n) is 7.75. The summed E-state index contributed by atoms with van der Waals surface area (Å²) in [7, 11) is 1.53. The number of hydrogen-bond acceptors (Lipinski definition) is 4. The van der Waals surface area contributed by atoms with Gasteiger partial charge in [-0.1, -0.05) is 29.8 Å². The Hall–Kier alpha value is -3.25. The second kappa shape index (κ2) is 9.92. The van der Waals surface area contributed by atoms with Gasteiger partial charge in [-0.15, -0.1) is 0 Å². The molecule has 0 atom stereocenters. The van der Waals surface area contributed by atoms with E-state index in [9.17, 15) is 9.59 Å². The highest BCUT2D eigenvalue weighted by atomic mass is 35.5. The first kappa shape index (κ1) is 22.0. The normalized spacial score (nSPS) is 14.2. The van der Waals surface area contributed by atoms with E-state index in [0.29, 0.717) is 48.8 Å². The number of amides is 2. The monoisotopic (exact) mass is 452 g/mol. The number of likely N-dealkylation sites (tertiary alicyclic amines) is 1. The van der Waals surface area contributed by atoms with Crippen molar-refractivity contribution in [3.63, 3.8) is 0 Å². The van der Waals surface area contributed by atoms with E-state index < -0.39 is 0 Å². The maximum atomic E-state index is 13.5. The molecule has 1 aliphatic heterocycles. The van der Waals surface area contributed by atoms with Crippen LogP contribution in [-0.4, -0.2) is 36.9 Å². The van der Waals surface area contributed by atoms with Crippen molar-refractivity contribution in [3.8, 4) is 5.75 Å². The summed E-state index contributed by atoms with van der Waals surface area (Å²) in [5, 5.41) is 0.482. The van der Waals surface area contributed by atoms with Crippen LogP contribution in [0.2, 0.25) is 5.02 Å². The van der Waals surface area contributed by atoms with Crippen LogP contribution >= 0.6 is 11.6 Å². The quantitative estimate of drug-likeness (QED) is 0.526. The zero-order valence-electron chi connectivity index (χ0n) is 17.9. The fraction of sp³-hybridized carbons (Fsp3) is 0.280. The first-order chi connectivity index (χ1) is 15.6. The van der Waals surface area contributed by atoms with Gasteiger partial charge >= 0.3 is 0 Å². The van der Waals surface area contributed by atoms with E-state index >= 15 is 0 Å². The Bertz CT molecular complexity index is 1060. The maximum absolute atomic E-state index is 13.5. The van der Waals surface area contributed by atoms with Gasteiger partial charge in [0.15, 0.2) is 0 Å². The van der Waals surface area contributed by atoms with Gasteiger partial charge in [0.25, 0.3) is 5.91 Å². The highest BCUT2D eigenvalue weighted by Crippen LogP contribution is 2.28. The molecule has 1 fully saturated rings. The van der Waals surface area contributed by atoms with Gasteiger partial charge in [0.05, 0.1) is 25.5 Å². The SMILES string of the molecule is COc1ccc(Cl)cc1C(=O)N1CCC(C(=O)N(Cc2ccco2)c2ccccc2)CC1. The number of carbonyl (C=O) groups is 2. The summed E-state index contributed by atoms with van der Waals surface area (Å²) in [6, 6.07) is 18.3. The lowest BCUT2D eigenvalue weighted by atomic mass is 9.94. The van der Waals surface area contributed by atoms with Gasteiger partial charge in [-0.3, -0.25) is 9.59 Å². The zero-order chi connectivity index (χ0) is 22.5. The van der Waals surface area contributed by atoms with Gasteiger partial charge in [-0.2, -0.15) is 0 Å². The summed E-state index contributed by atoms with van der Waals surface area (Å²) in [5.74, 6) is 0.954. The molecule has 0 N–H and O–H groups in total. The maximum Gasteiger partial charge on any atom is 0.257 e. The number of anilines is 1. The number of methoxy groups -OCH3 is 1. The van der Waals surface area contributed by atoms with Crippen LogP contribution in [0.4, 0.5) is 5.69 Å². The molecule has 3 aromatic rings. The number of piperidine rings is 1. The van der Waals surface area contributed by atoms with Crippen LogP contribution in [0.1, 0.15) is 29.0 Å². The topological polar surface area (TPSA) is 63.0 Å². The number of halogens is 1.